The summed E-state index contributed by atoms with van der Waals surface area (Å²) in [5, 5.41) is 4.45. The Morgan fingerprint density at radius 3 is 2.56 bits per heavy atom. The molecule has 0 fully saturated rings. The number of aromatic nitrogens is 2. The van der Waals surface area contributed by atoms with Gasteiger partial charge in [-0.05, 0) is 31.0 Å². The van der Waals surface area contributed by atoms with Crippen LogP contribution < -0.4 is 5.73 Å². The fourth-order valence-electron chi connectivity index (χ4n) is 2.11. The van der Waals surface area contributed by atoms with E-state index in [1.165, 1.54) is 9.75 Å². The Bertz CT molecular complexity index is 513. The second-order valence-corrected chi connectivity index (χ2v) is 5.82. The minimum Gasteiger partial charge on any atom is -0.322 e. The van der Waals surface area contributed by atoms with E-state index in [1.807, 2.05) is 23.1 Å². The van der Waals surface area contributed by atoms with E-state index in [-0.39, 0.29) is 6.04 Å². The van der Waals surface area contributed by atoms with E-state index in [0.717, 1.165) is 30.7 Å². The van der Waals surface area contributed by atoms with Crippen LogP contribution in [0.2, 0.25) is 0 Å². The first-order chi connectivity index (χ1) is 8.63. The highest BCUT2D eigenvalue weighted by Gasteiger charge is 2.14. The van der Waals surface area contributed by atoms with Gasteiger partial charge < -0.3 is 5.73 Å². The molecule has 2 heterocycles. The Kier molecular flexibility index (Phi) is 4.19. The predicted molar refractivity (Wildman–Crippen MR) is 76.9 cm³/mol. The number of rotatable bonds is 5. The van der Waals surface area contributed by atoms with Crippen LogP contribution in [0.5, 0.6) is 0 Å². The maximum Gasteiger partial charge on any atom is 0.0625 e. The minimum absolute atomic E-state index is 0.0335. The van der Waals surface area contributed by atoms with E-state index in [2.05, 4.69) is 37.1 Å². The van der Waals surface area contributed by atoms with Gasteiger partial charge in [-0.3, -0.25) is 4.68 Å². The molecule has 2 rings (SSSR count). The zero-order valence-electron chi connectivity index (χ0n) is 11.3. The Morgan fingerprint density at radius 1 is 1.28 bits per heavy atom. The third-order valence-corrected chi connectivity index (χ3v) is 4.45. The summed E-state index contributed by atoms with van der Waals surface area (Å²) < 4.78 is 1.91. The van der Waals surface area contributed by atoms with Gasteiger partial charge in [0.1, 0.15) is 0 Å². The van der Waals surface area contributed by atoms with Crippen molar-refractivity contribution < 1.29 is 0 Å². The molecule has 2 aromatic heterocycles. The lowest BCUT2D eigenvalue weighted by Crippen LogP contribution is -2.16. The second-order valence-electron chi connectivity index (χ2n) is 4.57. The van der Waals surface area contributed by atoms with Crippen LogP contribution in [0, 0.1) is 0 Å². The lowest BCUT2D eigenvalue weighted by atomic mass is 10.1. The van der Waals surface area contributed by atoms with Gasteiger partial charge in [0, 0.05) is 23.2 Å². The van der Waals surface area contributed by atoms with E-state index >= 15 is 0 Å². The first-order valence-corrected chi connectivity index (χ1v) is 7.31. The topological polar surface area (TPSA) is 43.8 Å². The molecule has 0 saturated heterocycles. The van der Waals surface area contributed by atoms with Crippen molar-refractivity contribution in [3.63, 3.8) is 0 Å². The molecule has 0 aliphatic heterocycles. The number of thiophene rings is 1. The Balaban J connectivity index is 2.10. The molecule has 98 valence electrons. The smallest absolute Gasteiger partial charge is 0.0625 e. The van der Waals surface area contributed by atoms with Gasteiger partial charge in [0.15, 0.2) is 0 Å². The normalized spacial score (nSPS) is 12.9. The van der Waals surface area contributed by atoms with Gasteiger partial charge in [0.05, 0.1) is 17.4 Å². The first-order valence-electron chi connectivity index (χ1n) is 6.50. The lowest BCUT2D eigenvalue weighted by Gasteiger charge is -2.10. The van der Waals surface area contributed by atoms with Crippen LogP contribution in [-0.2, 0) is 26.3 Å². The van der Waals surface area contributed by atoms with Crippen molar-refractivity contribution in [2.45, 2.75) is 39.2 Å². The average Bonchev–Trinajstić information content (AvgIpc) is 2.95. The molecule has 2 N–H and O–H groups in total. The van der Waals surface area contributed by atoms with E-state index in [9.17, 15) is 0 Å². The molecule has 0 amide bonds. The van der Waals surface area contributed by atoms with E-state index in [0.29, 0.717) is 0 Å². The van der Waals surface area contributed by atoms with Crippen LogP contribution in [0.25, 0.3) is 0 Å². The lowest BCUT2D eigenvalue weighted by molar-refractivity contribution is 0.617. The molecule has 2 aromatic rings. The third-order valence-electron chi connectivity index (χ3n) is 3.20. The van der Waals surface area contributed by atoms with E-state index < -0.39 is 0 Å². The Labute approximate surface area is 113 Å². The summed E-state index contributed by atoms with van der Waals surface area (Å²) in [6.07, 6.45) is 2.96. The van der Waals surface area contributed by atoms with E-state index in [4.69, 9.17) is 5.73 Å². The molecule has 0 radical (unpaired) electrons. The van der Waals surface area contributed by atoms with Gasteiger partial charge in [-0.15, -0.1) is 11.3 Å². The summed E-state index contributed by atoms with van der Waals surface area (Å²) in [6, 6.07) is 6.55. The largest absolute Gasteiger partial charge is 0.322 e. The van der Waals surface area contributed by atoms with Gasteiger partial charge in [-0.2, -0.15) is 5.10 Å². The van der Waals surface area contributed by atoms with E-state index in [1.54, 1.807) is 0 Å². The molecule has 0 aliphatic carbocycles. The van der Waals surface area contributed by atoms with Gasteiger partial charge in [-0.25, -0.2) is 0 Å². The van der Waals surface area contributed by atoms with Crippen LogP contribution in [-0.4, -0.2) is 9.78 Å². The van der Waals surface area contributed by atoms with Gasteiger partial charge in [0.25, 0.3) is 0 Å². The summed E-state index contributed by atoms with van der Waals surface area (Å²) in [5.41, 5.74) is 8.53. The molecular weight excluding hydrogens is 242 g/mol. The molecule has 4 heteroatoms. The van der Waals surface area contributed by atoms with Crippen molar-refractivity contribution in [1.29, 1.82) is 0 Å². The zero-order valence-corrected chi connectivity index (χ0v) is 12.1. The molecule has 0 bridgehead atoms. The molecule has 1 unspecified atom stereocenters. The first kappa shape index (κ1) is 13.3. The van der Waals surface area contributed by atoms with Crippen LogP contribution >= 0.6 is 11.3 Å². The van der Waals surface area contributed by atoms with Crippen molar-refractivity contribution >= 4 is 11.3 Å². The van der Waals surface area contributed by atoms with Crippen molar-refractivity contribution in [3.8, 4) is 0 Å². The summed E-state index contributed by atoms with van der Waals surface area (Å²) in [6.45, 7) is 4.30. The van der Waals surface area contributed by atoms with Crippen LogP contribution in [0.4, 0.5) is 0 Å². The quantitative estimate of drug-likeness (QED) is 0.901. The summed E-state index contributed by atoms with van der Waals surface area (Å²) >= 11 is 1.86. The number of hydrogen-bond donors (Lipinski definition) is 1. The fourth-order valence-corrected chi connectivity index (χ4v) is 3.12. The summed E-state index contributed by atoms with van der Waals surface area (Å²) in [7, 11) is 1.97. The monoisotopic (exact) mass is 263 g/mol. The standard InChI is InChI=1S/C14H21N3S/c1-4-10-8-14(17(3)16-10)13(15)9-12-7-6-11(5-2)18-12/h6-8,13H,4-5,9,15H2,1-3H3. The number of aryl methyl sites for hydroxylation is 3. The highest BCUT2D eigenvalue weighted by Crippen LogP contribution is 2.23. The Hall–Kier alpha value is -1.13. The maximum absolute atomic E-state index is 6.29. The molecule has 0 spiro atoms. The second kappa shape index (κ2) is 5.67. The predicted octanol–water partition coefficient (Wildman–Crippen LogP) is 2.85. The number of nitrogens with zero attached hydrogens (tertiary/aromatic N) is 2. The minimum atomic E-state index is 0.0335. The van der Waals surface area contributed by atoms with Crippen LogP contribution in [0.1, 0.15) is 41.0 Å². The summed E-state index contributed by atoms with van der Waals surface area (Å²) in [5.74, 6) is 0. The Morgan fingerprint density at radius 2 is 2.00 bits per heavy atom. The third kappa shape index (κ3) is 2.82. The van der Waals surface area contributed by atoms with Crippen LogP contribution in [0.3, 0.4) is 0 Å². The molecule has 3 nitrogen and oxygen atoms in total. The van der Waals surface area contributed by atoms with Gasteiger partial charge in [0.2, 0.25) is 0 Å². The molecule has 0 aliphatic rings. The van der Waals surface area contributed by atoms with Crippen molar-refractivity contribution in [2.24, 2.45) is 12.8 Å². The molecule has 18 heavy (non-hydrogen) atoms. The molecule has 0 saturated carbocycles. The highest BCUT2D eigenvalue weighted by molar-refractivity contribution is 7.11. The number of hydrogen-bond acceptors (Lipinski definition) is 3. The maximum atomic E-state index is 6.29. The molecular formula is C14H21N3S. The average molecular weight is 263 g/mol. The fraction of sp³-hybridized carbons (Fsp3) is 0.500. The SMILES string of the molecule is CCc1cc(C(N)Cc2ccc(CC)s2)n(C)n1. The number of nitrogens with two attached hydrogens (primary N) is 1. The van der Waals surface area contributed by atoms with Gasteiger partial charge in [-0.1, -0.05) is 13.8 Å². The zero-order chi connectivity index (χ0) is 13.1. The van der Waals surface area contributed by atoms with Crippen molar-refractivity contribution in [1.82, 2.24) is 9.78 Å². The highest BCUT2D eigenvalue weighted by atomic mass is 32.1. The molecule has 1 atom stereocenters. The molecule has 0 aromatic carbocycles. The van der Waals surface area contributed by atoms with Crippen LogP contribution in [0.15, 0.2) is 18.2 Å². The van der Waals surface area contributed by atoms with Crippen molar-refractivity contribution in [2.75, 3.05) is 0 Å². The van der Waals surface area contributed by atoms with Gasteiger partial charge >= 0.3 is 0 Å². The summed E-state index contributed by atoms with van der Waals surface area (Å²) in [4.78, 5) is 2.79. The van der Waals surface area contributed by atoms with Crippen molar-refractivity contribution in [3.05, 3.63) is 39.3 Å².